The molecule has 0 spiro atoms. The number of benzene rings is 1. The molecule has 6 nitrogen and oxygen atoms in total. The molecule has 3 N–H and O–H groups in total. The van der Waals surface area contributed by atoms with Crippen molar-refractivity contribution in [3.8, 4) is 0 Å². The van der Waals surface area contributed by atoms with E-state index in [4.69, 9.17) is 9.88 Å². The third-order valence-corrected chi connectivity index (χ3v) is 3.65. The van der Waals surface area contributed by atoms with Gasteiger partial charge in [0.15, 0.2) is 0 Å². The quantitative estimate of drug-likeness (QED) is 0.762. The predicted molar refractivity (Wildman–Crippen MR) is 75.6 cm³/mol. The Labute approximate surface area is 119 Å². The van der Waals surface area contributed by atoms with Crippen LogP contribution in [-0.4, -0.2) is 34.1 Å². The van der Waals surface area contributed by atoms with Crippen molar-refractivity contribution in [3.05, 3.63) is 29.8 Å². The highest BCUT2D eigenvalue weighted by Gasteiger charge is 2.09. The molecule has 1 rings (SSSR count). The van der Waals surface area contributed by atoms with Crippen LogP contribution in [0.2, 0.25) is 0 Å². The van der Waals surface area contributed by atoms with Crippen molar-refractivity contribution in [2.45, 2.75) is 30.7 Å². The van der Waals surface area contributed by atoms with Gasteiger partial charge < -0.3 is 10.1 Å². The number of hydrogen-bond donors (Lipinski definition) is 2. The van der Waals surface area contributed by atoms with Crippen LogP contribution in [-0.2, 0) is 26.0 Å². The van der Waals surface area contributed by atoms with Gasteiger partial charge in [-0.25, -0.2) is 13.6 Å². The monoisotopic (exact) mass is 300 g/mol. The zero-order valence-corrected chi connectivity index (χ0v) is 12.4. The van der Waals surface area contributed by atoms with Gasteiger partial charge in [-0.15, -0.1) is 0 Å². The number of ether oxygens (including phenoxy) is 1. The van der Waals surface area contributed by atoms with Gasteiger partial charge in [-0.05, 0) is 31.0 Å². The smallest absolute Gasteiger partial charge is 0.238 e. The molecule has 0 aliphatic heterocycles. The average molecular weight is 300 g/mol. The van der Waals surface area contributed by atoms with Crippen LogP contribution in [0.4, 0.5) is 0 Å². The normalized spacial score (nSPS) is 12.9. The molecule has 0 fully saturated rings. The number of aryl methyl sites for hydroxylation is 1. The van der Waals surface area contributed by atoms with E-state index in [-0.39, 0.29) is 16.8 Å². The zero-order chi connectivity index (χ0) is 15.2. The molecule has 112 valence electrons. The SMILES string of the molecule is COC[C@@H](C)NC(=O)CCc1ccc(S(N)(=O)=O)cc1. The summed E-state index contributed by atoms with van der Waals surface area (Å²) in [5.41, 5.74) is 0.881. The number of carbonyl (C=O) groups is 1. The van der Waals surface area contributed by atoms with E-state index < -0.39 is 10.0 Å². The summed E-state index contributed by atoms with van der Waals surface area (Å²) in [6.07, 6.45) is 0.874. The molecule has 0 aromatic heterocycles. The first kappa shape index (κ1) is 16.6. The van der Waals surface area contributed by atoms with E-state index in [1.807, 2.05) is 6.92 Å². The summed E-state index contributed by atoms with van der Waals surface area (Å²) in [5.74, 6) is -0.0647. The summed E-state index contributed by atoms with van der Waals surface area (Å²) in [6.45, 7) is 2.33. The second-order valence-electron chi connectivity index (χ2n) is 4.61. The van der Waals surface area contributed by atoms with Gasteiger partial charge in [-0.3, -0.25) is 4.79 Å². The number of sulfonamides is 1. The van der Waals surface area contributed by atoms with Gasteiger partial charge in [0.2, 0.25) is 15.9 Å². The maximum atomic E-state index is 11.6. The van der Waals surface area contributed by atoms with Gasteiger partial charge in [0, 0.05) is 19.6 Å². The Kier molecular flexibility index (Phi) is 6.12. The molecule has 0 radical (unpaired) electrons. The molecule has 0 unspecified atom stereocenters. The van der Waals surface area contributed by atoms with Crippen LogP contribution in [0, 0.1) is 0 Å². The van der Waals surface area contributed by atoms with E-state index in [9.17, 15) is 13.2 Å². The first-order chi connectivity index (χ1) is 9.32. The van der Waals surface area contributed by atoms with Gasteiger partial charge in [0.05, 0.1) is 11.5 Å². The molecule has 1 atom stereocenters. The van der Waals surface area contributed by atoms with Crippen molar-refractivity contribution in [2.75, 3.05) is 13.7 Å². The van der Waals surface area contributed by atoms with E-state index in [0.29, 0.717) is 19.4 Å². The molecule has 0 bridgehead atoms. The molecule has 1 amide bonds. The molecule has 0 heterocycles. The Morgan fingerprint density at radius 1 is 1.35 bits per heavy atom. The van der Waals surface area contributed by atoms with Crippen molar-refractivity contribution in [1.82, 2.24) is 5.32 Å². The molecule has 20 heavy (non-hydrogen) atoms. The number of hydrogen-bond acceptors (Lipinski definition) is 4. The van der Waals surface area contributed by atoms with Crippen LogP contribution < -0.4 is 10.5 Å². The van der Waals surface area contributed by atoms with E-state index in [0.717, 1.165) is 5.56 Å². The van der Waals surface area contributed by atoms with E-state index >= 15 is 0 Å². The second-order valence-corrected chi connectivity index (χ2v) is 6.17. The number of carbonyl (C=O) groups excluding carboxylic acids is 1. The first-order valence-electron chi connectivity index (χ1n) is 6.23. The maximum Gasteiger partial charge on any atom is 0.238 e. The van der Waals surface area contributed by atoms with Crippen LogP contribution in [0.25, 0.3) is 0 Å². The number of nitrogens with one attached hydrogen (secondary N) is 1. The van der Waals surface area contributed by atoms with Gasteiger partial charge in [-0.1, -0.05) is 12.1 Å². The fraction of sp³-hybridized carbons (Fsp3) is 0.462. The minimum atomic E-state index is -3.67. The van der Waals surface area contributed by atoms with Crippen LogP contribution in [0.3, 0.4) is 0 Å². The van der Waals surface area contributed by atoms with Crippen molar-refractivity contribution in [1.29, 1.82) is 0 Å². The number of nitrogens with two attached hydrogens (primary N) is 1. The van der Waals surface area contributed by atoms with Crippen molar-refractivity contribution < 1.29 is 17.9 Å². The minimum Gasteiger partial charge on any atom is -0.383 e. The van der Waals surface area contributed by atoms with E-state index in [1.54, 1.807) is 19.2 Å². The number of amides is 1. The van der Waals surface area contributed by atoms with Gasteiger partial charge in [-0.2, -0.15) is 0 Å². The van der Waals surface area contributed by atoms with Crippen LogP contribution >= 0.6 is 0 Å². The van der Waals surface area contributed by atoms with Crippen molar-refractivity contribution in [2.24, 2.45) is 5.14 Å². The largest absolute Gasteiger partial charge is 0.383 e. The average Bonchev–Trinajstić information content (AvgIpc) is 2.36. The Hall–Kier alpha value is -1.44. The minimum absolute atomic E-state index is 0.0303. The molecule has 0 aliphatic rings. The highest BCUT2D eigenvalue weighted by molar-refractivity contribution is 7.89. The summed E-state index contributed by atoms with van der Waals surface area (Å²) in [7, 11) is -2.09. The highest BCUT2D eigenvalue weighted by atomic mass is 32.2. The Morgan fingerprint density at radius 3 is 2.45 bits per heavy atom. The Balaban J connectivity index is 2.48. The van der Waals surface area contributed by atoms with E-state index in [1.165, 1.54) is 12.1 Å². The van der Waals surface area contributed by atoms with Crippen LogP contribution in [0.1, 0.15) is 18.9 Å². The highest BCUT2D eigenvalue weighted by Crippen LogP contribution is 2.10. The van der Waals surface area contributed by atoms with E-state index in [2.05, 4.69) is 5.32 Å². The van der Waals surface area contributed by atoms with Crippen molar-refractivity contribution >= 4 is 15.9 Å². The lowest BCUT2D eigenvalue weighted by Gasteiger charge is -2.12. The number of methoxy groups -OCH3 is 1. The lowest BCUT2D eigenvalue weighted by atomic mass is 10.1. The number of primary sulfonamides is 1. The molecule has 1 aromatic rings. The summed E-state index contributed by atoms with van der Waals surface area (Å²) in [6, 6.07) is 6.17. The number of rotatable bonds is 7. The molecule has 0 saturated carbocycles. The fourth-order valence-electron chi connectivity index (χ4n) is 1.74. The lowest BCUT2D eigenvalue weighted by Crippen LogP contribution is -2.35. The van der Waals surface area contributed by atoms with Crippen LogP contribution in [0.5, 0.6) is 0 Å². The lowest BCUT2D eigenvalue weighted by molar-refractivity contribution is -0.122. The third-order valence-electron chi connectivity index (χ3n) is 2.72. The zero-order valence-electron chi connectivity index (χ0n) is 11.6. The van der Waals surface area contributed by atoms with Gasteiger partial charge in [0.25, 0.3) is 0 Å². The standard InChI is InChI=1S/C13H20N2O4S/c1-10(9-19-2)15-13(16)8-5-11-3-6-12(7-4-11)20(14,17)18/h3-4,6-7,10H,5,8-9H2,1-2H3,(H,15,16)(H2,14,17,18)/t10-/m1/s1. The molecular weight excluding hydrogens is 280 g/mol. The summed E-state index contributed by atoms with van der Waals surface area (Å²) < 4.78 is 27.1. The molecule has 7 heteroatoms. The predicted octanol–water partition coefficient (Wildman–Crippen LogP) is 0.418. The maximum absolute atomic E-state index is 11.6. The summed E-state index contributed by atoms with van der Waals surface area (Å²) in [4.78, 5) is 11.7. The molecular formula is C13H20N2O4S. The van der Waals surface area contributed by atoms with Crippen molar-refractivity contribution in [3.63, 3.8) is 0 Å². The fourth-order valence-corrected chi connectivity index (χ4v) is 2.26. The van der Waals surface area contributed by atoms with Crippen LogP contribution in [0.15, 0.2) is 29.2 Å². The van der Waals surface area contributed by atoms with Gasteiger partial charge >= 0.3 is 0 Å². The molecule has 0 saturated heterocycles. The Bertz CT molecular complexity index is 540. The summed E-state index contributed by atoms with van der Waals surface area (Å²) >= 11 is 0. The molecule has 0 aliphatic carbocycles. The summed E-state index contributed by atoms with van der Waals surface area (Å²) in [5, 5.41) is 7.82. The topological polar surface area (TPSA) is 98.5 Å². The first-order valence-corrected chi connectivity index (χ1v) is 7.77. The third kappa shape index (κ3) is 5.68. The Morgan fingerprint density at radius 2 is 1.95 bits per heavy atom. The second kappa shape index (κ2) is 7.37. The molecule has 1 aromatic carbocycles. The van der Waals surface area contributed by atoms with Gasteiger partial charge in [0.1, 0.15) is 0 Å².